The lowest BCUT2D eigenvalue weighted by Gasteiger charge is -1.92. The van der Waals surface area contributed by atoms with E-state index in [2.05, 4.69) is 16.6 Å². The van der Waals surface area contributed by atoms with E-state index >= 15 is 0 Å². The lowest BCUT2D eigenvalue weighted by molar-refractivity contribution is 0.110. The Morgan fingerprint density at radius 2 is 2.36 bits per heavy atom. The SMILES string of the molecule is C=CN=C(C=NC)c1ccc(C=O)o1. The van der Waals surface area contributed by atoms with Crippen LogP contribution in [0.3, 0.4) is 0 Å². The van der Waals surface area contributed by atoms with Crippen molar-refractivity contribution in [3.05, 3.63) is 36.4 Å². The zero-order valence-electron chi connectivity index (χ0n) is 7.80. The van der Waals surface area contributed by atoms with E-state index in [-0.39, 0.29) is 5.76 Å². The third kappa shape index (κ3) is 2.26. The first-order valence-electron chi connectivity index (χ1n) is 3.98. The molecular weight excluding hydrogens is 180 g/mol. The molecule has 0 radical (unpaired) electrons. The molecule has 14 heavy (non-hydrogen) atoms. The van der Waals surface area contributed by atoms with Crippen LogP contribution in [0.5, 0.6) is 0 Å². The molecule has 4 nitrogen and oxygen atoms in total. The second-order valence-corrected chi connectivity index (χ2v) is 2.40. The summed E-state index contributed by atoms with van der Waals surface area (Å²) in [6.45, 7) is 3.47. The molecule has 0 aliphatic carbocycles. The van der Waals surface area contributed by atoms with Gasteiger partial charge in [-0.1, -0.05) is 6.58 Å². The number of carbonyl (C=O) groups is 1. The van der Waals surface area contributed by atoms with Gasteiger partial charge in [0, 0.05) is 13.2 Å². The van der Waals surface area contributed by atoms with Crippen molar-refractivity contribution in [2.24, 2.45) is 9.98 Å². The van der Waals surface area contributed by atoms with Crippen molar-refractivity contribution in [3.63, 3.8) is 0 Å². The van der Waals surface area contributed by atoms with E-state index in [4.69, 9.17) is 4.42 Å². The molecular formula is C10H10N2O2. The summed E-state index contributed by atoms with van der Waals surface area (Å²) < 4.78 is 5.16. The fraction of sp³-hybridized carbons (Fsp3) is 0.100. The Labute approximate surface area is 81.7 Å². The highest BCUT2D eigenvalue weighted by atomic mass is 16.3. The summed E-state index contributed by atoms with van der Waals surface area (Å²) >= 11 is 0. The quantitative estimate of drug-likeness (QED) is 0.536. The van der Waals surface area contributed by atoms with Gasteiger partial charge in [0.1, 0.15) is 5.71 Å². The molecule has 0 saturated carbocycles. The maximum absolute atomic E-state index is 10.4. The van der Waals surface area contributed by atoms with E-state index in [9.17, 15) is 4.79 Å². The van der Waals surface area contributed by atoms with Gasteiger partial charge in [0.05, 0.1) is 6.21 Å². The average Bonchev–Trinajstić information content (AvgIpc) is 2.65. The zero-order valence-corrected chi connectivity index (χ0v) is 7.80. The van der Waals surface area contributed by atoms with Crippen LogP contribution < -0.4 is 0 Å². The van der Waals surface area contributed by atoms with Crippen LogP contribution in [-0.2, 0) is 0 Å². The maximum Gasteiger partial charge on any atom is 0.185 e. The van der Waals surface area contributed by atoms with E-state index in [0.29, 0.717) is 17.8 Å². The van der Waals surface area contributed by atoms with Gasteiger partial charge in [0.15, 0.2) is 17.8 Å². The van der Waals surface area contributed by atoms with Crippen LogP contribution in [0.25, 0.3) is 0 Å². The van der Waals surface area contributed by atoms with Crippen LogP contribution in [0, 0.1) is 0 Å². The minimum Gasteiger partial charge on any atom is -0.452 e. The van der Waals surface area contributed by atoms with Crippen molar-refractivity contribution in [3.8, 4) is 0 Å². The first-order valence-corrected chi connectivity index (χ1v) is 3.98. The molecule has 4 heteroatoms. The topological polar surface area (TPSA) is 54.9 Å². The van der Waals surface area contributed by atoms with Crippen molar-refractivity contribution >= 4 is 18.2 Å². The van der Waals surface area contributed by atoms with Crippen molar-refractivity contribution in [2.75, 3.05) is 7.05 Å². The van der Waals surface area contributed by atoms with Gasteiger partial charge in [-0.25, -0.2) is 0 Å². The molecule has 1 aromatic rings. The molecule has 0 bridgehead atoms. The minimum absolute atomic E-state index is 0.265. The number of aliphatic imine (C=N–C) groups is 2. The summed E-state index contributed by atoms with van der Waals surface area (Å²) in [5.41, 5.74) is 0.538. The zero-order chi connectivity index (χ0) is 10.4. The molecule has 1 heterocycles. The molecule has 0 aliphatic rings. The van der Waals surface area contributed by atoms with Crippen LogP contribution in [0.4, 0.5) is 0 Å². The Morgan fingerprint density at radius 1 is 1.57 bits per heavy atom. The number of furan rings is 1. The Bertz CT molecular complexity index is 389. The largest absolute Gasteiger partial charge is 0.452 e. The maximum atomic E-state index is 10.4. The third-order valence-corrected chi connectivity index (χ3v) is 1.48. The fourth-order valence-corrected chi connectivity index (χ4v) is 0.935. The Kier molecular flexibility index (Phi) is 3.55. The first-order chi connectivity index (χ1) is 6.81. The van der Waals surface area contributed by atoms with E-state index in [1.165, 1.54) is 12.4 Å². The smallest absolute Gasteiger partial charge is 0.185 e. The van der Waals surface area contributed by atoms with Crippen molar-refractivity contribution in [2.45, 2.75) is 0 Å². The van der Waals surface area contributed by atoms with E-state index in [1.54, 1.807) is 19.2 Å². The molecule has 0 saturated heterocycles. The van der Waals surface area contributed by atoms with Crippen LogP contribution in [0.1, 0.15) is 16.3 Å². The molecule has 72 valence electrons. The molecule has 1 rings (SSSR count). The monoisotopic (exact) mass is 190 g/mol. The number of nitrogens with zero attached hydrogens (tertiary/aromatic N) is 2. The van der Waals surface area contributed by atoms with E-state index < -0.39 is 0 Å². The van der Waals surface area contributed by atoms with Gasteiger partial charge >= 0.3 is 0 Å². The average molecular weight is 190 g/mol. The molecule has 1 aromatic heterocycles. The lowest BCUT2D eigenvalue weighted by Crippen LogP contribution is -1.99. The predicted molar refractivity (Wildman–Crippen MR) is 55.2 cm³/mol. The number of rotatable bonds is 4. The highest BCUT2D eigenvalue weighted by Gasteiger charge is 2.05. The van der Waals surface area contributed by atoms with Crippen LogP contribution in [0.15, 0.2) is 39.3 Å². The van der Waals surface area contributed by atoms with Gasteiger partial charge in [-0.15, -0.1) is 0 Å². The van der Waals surface area contributed by atoms with Crippen molar-refractivity contribution in [1.29, 1.82) is 0 Å². The second-order valence-electron chi connectivity index (χ2n) is 2.40. The van der Waals surface area contributed by atoms with Crippen LogP contribution in [-0.4, -0.2) is 25.3 Å². The standard InChI is InChI=1S/C10H10N2O2/c1-3-12-9(6-11-2)10-5-4-8(7-13)14-10/h3-7H,1H2,2H3. The molecule has 0 atom stereocenters. The number of aldehydes is 1. The highest BCUT2D eigenvalue weighted by molar-refractivity contribution is 6.37. The van der Waals surface area contributed by atoms with Gasteiger partial charge in [-0.3, -0.25) is 14.8 Å². The summed E-state index contributed by atoms with van der Waals surface area (Å²) in [7, 11) is 1.63. The number of hydrogen-bond donors (Lipinski definition) is 0. The van der Waals surface area contributed by atoms with E-state index in [1.807, 2.05) is 0 Å². The van der Waals surface area contributed by atoms with E-state index in [0.717, 1.165) is 0 Å². The molecule has 0 unspecified atom stereocenters. The summed E-state index contributed by atoms with van der Waals surface area (Å²) in [5, 5.41) is 0. The highest BCUT2D eigenvalue weighted by Crippen LogP contribution is 2.06. The van der Waals surface area contributed by atoms with Gasteiger partial charge in [-0.05, 0) is 12.1 Å². The molecule has 0 N–H and O–H groups in total. The summed E-state index contributed by atoms with van der Waals surface area (Å²) in [6, 6.07) is 3.23. The Morgan fingerprint density at radius 3 is 2.86 bits per heavy atom. The number of hydrogen-bond acceptors (Lipinski definition) is 4. The summed E-state index contributed by atoms with van der Waals surface area (Å²) in [6.07, 6.45) is 3.56. The van der Waals surface area contributed by atoms with Gasteiger partial charge in [-0.2, -0.15) is 0 Å². The Balaban J connectivity index is 3.04. The first kappa shape index (κ1) is 10.1. The molecule has 0 aliphatic heterocycles. The molecule has 0 fully saturated rings. The van der Waals surface area contributed by atoms with Crippen molar-refractivity contribution < 1.29 is 9.21 Å². The third-order valence-electron chi connectivity index (χ3n) is 1.48. The summed E-state index contributed by atoms with van der Waals surface area (Å²) in [4.78, 5) is 18.1. The van der Waals surface area contributed by atoms with Gasteiger partial charge in [0.2, 0.25) is 0 Å². The Hall–Kier alpha value is -1.97. The fourth-order valence-electron chi connectivity index (χ4n) is 0.935. The van der Waals surface area contributed by atoms with Crippen molar-refractivity contribution in [1.82, 2.24) is 0 Å². The van der Waals surface area contributed by atoms with Crippen LogP contribution >= 0.6 is 0 Å². The molecule has 0 aromatic carbocycles. The number of carbonyl (C=O) groups excluding carboxylic acids is 1. The normalized spacial score (nSPS) is 11.9. The second kappa shape index (κ2) is 4.91. The van der Waals surface area contributed by atoms with Gasteiger partial charge in [0.25, 0.3) is 0 Å². The van der Waals surface area contributed by atoms with Crippen LogP contribution in [0.2, 0.25) is 0 Å². The molecule has 0 amide bonds. The molecule has 0 spiro atoms. The summed E-state index contributed by atoms with van der Waals surface area (Å²) in [5.74, 6) is 0.763. The predicted octanol–water partition coefficient (Wildman–Crippen LogP) is 1.73. The minimum atomic E-state index is 0.265. The lowest BCUT2D eigenvalue weighted by atomic mass is 10.3. The van der Waals surface area contributed by atoms with Gasteiger partial charge < -0.3 is 4.42 Å².